The molecule has 0 unspecified atom stereocenters. The summed E-state index contributed by atoms with van der Waals surface area (Å²) >= 11 is 10.9. The van der Waals surface area contributed by atoms with Crippen molar-refractivity contribution in [3.05, 3.63) is 26.8 Å². The lowest BCUT2D eigenvalue weighted by molar-refractivity contribution is 1.03. The van der Waals surface area contributed by atoms with Crippen LogP contribution >= 0.6 is 23.2 Å². The Bertz CT molecular complexity index is 318. The van der Waals surface area contributed by atoms with Crippen LogP contribution in [0, 0.1) is 0 Å². The topological polar surface area (TPSA) is 74.5 Å². The number of rotatable bonds is 1. The predicted octanol–water partition coefficient (Wildman–Crippen LogP) is 2.73. The highest BCUT2D eigenvalue weighted by molar-refractivity contribution is 6.33. The zero-order valence-corrected chi connectivity index (χ0v) is 6.58. The molecule has 0 spiro atoms. The van der Waals surface area contributed by atoms with Crippen LogP contribution < -0.4 is 0 Å². The van der Waals surface area contributed by atoms with E-state index in [2.05, 4.69) is 20.2 Å². The van der Waals surface area contributed by atoms with E-state index in [1.807, 2.05) is 0 Å². The second-order valence-corrected chi connectivity index (χ2v) is 2.28. The first-order valence-electron chi connectivity index (χ1n) is 2.48. The fraction of sp³-hybridized carbons (Fsp3) is 0. The van der Waals surface area contributed by atoms with E-state index in [-0.39, 0.29) is 16.0 Å². The van der Waals surface area contributed by atoms with Crippen LogP contribution in [0.2, 0.25) is 10.3 Å². The summed E-state index contributed by atoms with van der Waals surface area (Å²) in [5.41, 5.74) is 8.22. The molecule has 0 bridgehead atoms. The first-order chi connectivity index (χ1) is 5.24. The molecule has 0 aliphatic rings. The van der Waals surface area contributed by atoms with Gasteiger partial charge < -0.3 is 0 Å². The molecule has 0 saturated carbocycles. The molecule has 1 rings (SSSR count). The fourth-order valence-corrected chi connectivity index (χ4v) is 0.734. The number of hydrogen-bond acceptors (Lipinski definition) is 3. The van der Waals surface area contributed by atoms with E-state index in [4.69, 9.17) is 28.7 Å². The van der Waals surface area contributed by atoms with Gasteiger partial charge in [-0.25, -0.2) is 0 Å². The summed E-state index contributed by atoms with van der Waals surface area (Å²) in [5, 5.41) is 10.2. The predicted molar refractivity (Wildman–Crippen MR) is 40.9 cm³/mol. The highest BCUT2D eigenvalue weighted by atomic mass is 35.5. The van der Waals surface area contributed by atoms with Gasteiger partial charge in [0, 0.05) is 4.91 Å². The third-order valence-corrected chi connectivity index (χ3v) is 1.31. The molecule has 56 valence electrons. The molecule has 1 aromatic rings. The third kappa shape index (κ3) is 1.94. The number of aromatic nitrogens is 2. The number of nitrogens with zero attached hydrogens (tertiary/aromatic N) is 5. The normalized spacial score (nSPS) is 8.91. The van der Waals surface area contributed by atoms with Gasteiger partial charge in [-0.15, -0.1) is 10.2 Å². The zero-order valence-electron chi connectivity index (χ0n) is 5.07. The molecular formula is C4HCl2N5. The summed E-state index contributed by atoms with van der Waals surface area (Å²) in [4.78, 5) is 2.52. The van der Waals surface area contributed by atoms with E-state index in [1.54, 1.807) is 0 Å². The summed E-state index contributed by atoms with van der Waals surface area (Å²) in [7, 11) is 0. The zero-order chi connectivity index (χ0) is 8.27. The van der Waals surface area contributed by atoms with Gasteiger partial charge >= 0.3 is 0 Å². The molecule has 1 aromatic heterocycles. The van der Waals surface area contributed by atoms with Gasteiger partial charge in [-0.2, -0.15) is 0 Å². The van der Waals surface area contributed by atoms with Crippen LogP contribution in [0.15, 0.2) is 11.2 Å². The fourth-order valence-electron chi connectivity index (χ4n) is 0.462. The summed E-state index contributed by atoms with van der Waals surface area (Å²) in [6.07, 6.45) is 0. The van der Waals surface area contributed by atoms with Gasteiger partial charge in [0.2, 0.25) is 0 Å². The van der Waals surface area contributed by atoms with Gasteiger partial charge in [-0.3, -0.25) is 0 Å². The van der Waals surface area contributed by atoms with E-state index in [0.29, 0.717) is 0 Å². The van der Waals surface area contributed by atoms with Crippen molar-refractivity contribution < 1.29 is 0 Å². The van der Waals surface area contributed by atoms with Crippen molar-refractivity contribution in [3.8, 4) is 0 Å². The first kappa shape index (κ1) is 8.07. The van der Waals surface area contributed by atoms with Crippen molar-refractivity contribution in [1.29, 1.82) is 0 Å². The monoisotopic (exact) mass is 189 g/mol. The van der Waals surface area contributed by atoms with Gasteiger partial charge in [-0.05, 0) is 11.6 Å². The van der Waals surface area contributed by atoms with Crippen molar-refractivity contribution >= 4 is 28.9 Å². The number of halogens is 2. The largest absolute Gasteiger partial charge is 0.161 e. The maximum absolute atomic E-state index is 8.04. The Morgan fingerprint density at radius 1 is 1.45 bits per heavy atom. The molecule has 0 aliphatic heterocycles. The first-order valence-corrected chi connectivity index (χ1v) is 3.23. The Balaban J connectivity index is 3.22. The second kappa shape index (κ2) is 3.39. The molecule has 0 aromatic carbocycles. The Morgan fingerprint density at radius 3 is 2.82 bits per heavy atom. The van der Waals surface area contributed by atoms with Crippen molar-refractivity contribution in [1.82, 2.24) is 10.2 Å². The molecule has 0 radical (unpaired) electrons. The van der Waals surface area contributed by atoms with E-state index in [1.165, 1.54) is 6.07 Å². The van der Waals surface area contributed by atoms with Crippen LogP contribution in [0.1, 0.15) is 0 Å². The van der Waals surface area contributed by atoms with Crippen LogP contribution in [0.25, 0.3) is 10.4 Å². The Kier molecular flexibility index (Phi) is 2.48. The number of azide groups is 1. The lowest BCUT2D eigenvalue weighted by Gasteiger charge is -1.92. The van der Waals surface area contributed by atoms with Crippen molar-refractivity contribution in [2.24, 2.45) is 5.11 Å². The lowest BCUT2D eigenvalue weighted by atomic mass is 10.5. The van der Waals surface area contributed by atoms with Crippen LogP contribution in [0.3, 0.4) is 0 Å². The maximum atomic E-state index is 8.04. The molecule has 0 atom stereocenters. The van der Waals surface area contributed by atoms with Gasteiger partial charge in [0.15, 0.2) is 10.3 Å². The standard InChI is InChI=1S/C4HCl2N5/c5-3-1-2(8-11-7)4(6)10-9-3/h1H. The third-order valence-electron chi connectivity index (χ3n) is 0.853. The van der Waals surface area contributed by atoms with Crippen molar-refractivity contribution in [3.63, 3.8) is 0 Å². The molecule has 0 aliphatic carbocycles. The molecule has 7 heteroatoms. The molecule has 0 amide bonds. The summed E-state index contributed by atoms with van der Waals surface area (Å²) in [6, 6.07) is 1.33. The van der Waals surface area contributed by atoms with Gasteiger partial charge in [0.05, 0.1) is 5.69 Å². The van der Waals surface area contributed by atoms with Crippen LogP contribution in [-0.4, -0.2) is 10.2 Å². The molecule has 0 N–H and O–H groups in total. The summed E-state index contributed by atoms with van der Waals surface area (Å²) in [5.74, 6) is 0. The molecule has 0 fully saturated rings. The molecule has 0 saturated heterocycles. The van der Waals surface area contributed by atoms with Gasteiger partial charge in [0.1, 0.15) is 0 Å². The van der Waals surface area contributed by atoms with Gasteiger partial charge in [-0.1, -0.05) is 28.3 Å². The molecule has 11 heavy (non-hydrogen) atoms. The molecular weight excluding hydrogens is 189 g/mol. The quantitative estimate of drug-likeness (QED) is 0.387. The Hall–Kier alpha value is -1.03. The van der Waals surface area contributed by atoms with Crippen molar-refractivity contribution in [2.75, 3.05) is 0 Å². The summed E-state index contributed by atoms with van der Waals surface area (Å²) < 4.78 is 0. The smallest absolute Gasteiger partial charge is 0.137 e. The summed E-state index contributed by atoms with van der Waals surface area (Å²) in [6.45, 7) is 0. The van der Waals surface area contributed by atoms with Crippen LogP contribution in [-0.2, 0) is 0 Å². The highest BCUT2D eigenvalue weighted by Crippen LogP contribution is 2.23. The van der Waals surface area contributed by atoms with Gasteiger partial charge in [0.25, 0.3) is 0 Å². The minimum absolute atomic E-state index is 0.0344. The average molecular weight is 190 g/mol. The van der Waals surface area contributed by atoms with E-state index < -0.39 is 0 Å². The van der Waals surface area contributed by atoms with Crippen LogP contribution in [0.5, 0.6) is 0 Å². The van der Waals surface area contributed by atoms with E-state index >= 15 is 0 Å². The Labute approximate surface area is 71.6 Å². The van der Waals surface area contributed by atoms with E-state index in [0.717, 1.165) is 0 Å². The molecule has 1 heterocycles. The lowest BCUT2D eigenvalue weighted by Crippen LogP contribution is -1.81. The average Bonchev–Trinajstić information content (AvgIpc) is 1.98. The second-order valence-electron chi connectivity index (χ2n) is 1.53. The minimum atomic E-state index is 0.0344. The Morgan fingerprint density at radius 2 is 2.18 bits per heavy atom. The van der Waals surface area contributed by atoms with E-state index in [9.17, 15) is 0 Å². The van der Waals surface area contributed by atoms with Crippen molar-refractivity contribution in [2.45, 2.75) is 0 Å². The number of hydrogen-bond donors (Lipinski definition) is 0. The molecule has 5 nitrogen and oxygen atoms in total. The maximum Gasteiger partial charge on any atom is 0.161 e. The highest BCUT2D eigenvalue weighted by Gasteiger charge is 2.00. The minimum Gasteiger partial charge on any atom is -0.137 e. The SMILES string of the molecule is [N-]=[N+]=Nc1cc(Cl)nnc1Cl. The van der Waals surface area contributed by atoms with Crippen LogP contribution in [0.4, 0.5) is 5.69 Å².